The van der Waals surface area contributed by atoms with E-state index in [2.05, 4.69) is 121 Å². The molecule has 0 saturated carbocycles. The molecule has 2 heterocycles. The number of hydrogen-bond donors (Lipinski definition) is 0. The van der Waals surface area contributed by atoms with Crippen molar-refractivity contribution in [3.05, 3.63) is 99.1 Å². The van der Waals surface area contributed by atoms with Crippen LogP contribution in [0.5, 0.6) is 0 Å². The second kappa shape index (κ2) is 10.9. The first-order chi connectivity index (χ1) is 16.4. The number of aromatic nitrogens is 2. The molecule has 4 rings (SSSR count). The van der Waals surface area contributed by atoms with E-state index in [-0.39, 0.29) is 0 Å². The molecule has 0 saturated heterocycles. The van der Waals surface area contributed by atoms with Crippen LogP contribution in [0.3, 0.4) is 0 Å². The second-order valence-corrected chi connectivity index (χ2v) is 12.8. The van der Waals surface area contributed by atoms with Crippen molar-refractivity contribution >= 4 is 26.9 Å². The van der Waals surface area contributed by atoms with Crippen molar-refractivity contribution < 1.29 is 15.3 Å². The number of allylic oxidation sites excluding steroid dienone is 1. The van der Waals surface area contributed by atoms with Gasteiger partial charge in [-0.15, -0.1) is 0 Å². The Hall–Kier alpha value is -2.38. The number of hydrogen-bond acceptors (Lipinski definition) is 1. The van der Waals surface area contributed by atoms with Gasteiger partial charge in [0.05, 0.1) is 0 Å². The van der Waals surface area contributed by atoms with Gasteiger partial charge in [-0.05, 0) is 0 Å². The molecule has 0 aliphatic carbocycles. The first-order valence-corrected chi connectivity index (χ1v) is 15.7. The van der Waals surface area contributed by atoms with Crippen LogP contribution in [0.4, 0.5) is 5.82 Å². The molecule has 0 aliphatic rings. The second-order valence-electron chi connectivity index (χ2n) is 8.50. The number of pyridine rings is 1. The molecule has 34 heavy (non-hydrogen) atoms. The molecular weight excluding hydrogens is 532 g/mol. The van der Waals surface area contributed by atoms with Gasteiger partial charge in [0.15, 0.2) is 0 Å². The van der Waals surface area contributed by atoms with Crippen molar-refractivity contribution in [3.8, 4) is 5.69 Å². The molecule has 0 atom stereocenters. The Morgan fingerprint density at radius 1 is 0.912 bits per heavy atom. The normalized spacial score (nSPS) is 13.6. The molecule has 2 aromatic carbocycles. The molecule has 0 amide bonds. The summed E-state index contributed by atoms with van der Waals surface area (Å²) in [6.07, 6.45) is 6.69. The summed E-state index contributed by atoms with van der Waals surface area (Å²) in [5.74, 6) is 1.21. The third-order valence-corrected chi connectivity index (χ3v) is 9.64. The molecule has 0 fully saturated rings. The van der Waals surface area contributed by atoms with E-state index in [0.29, 0.717) is 0 Å². The minimum atomic E-state index is -1.60. The molecule has 2 aromatic heterocycles. The number of halogens is 1. The van der Waals surface area contributed by atoms with Gasteiger partial charge in [-0.2, -0.15) is 0 Å². The molecule has 184 valence electrons. The van der Waals surface area contributed by atoms with Gasteiger partial charge >= 0.3 is 213 Å². The predicted molar refractivity (Wildman–Crippen MR) is 144 cm³/mol. The van der Waals surface area contributed by atoms with Crippen molar-refractivity contribution in [2.45, 2.75) is 39.5 Å². The van der Waals surface area contributed by atoms with Crippen molar-refractivity contribution in [2.24, 2.45) is 0 Å². The average Bonchev–Trinajstić information content (AvgIpc) is 3.19. The number of benzene rings is 2. The van der Waals surface area contributed by atoms with E-state index in [1.54, 1.807) is 0 Å². The molecule has 0 unspecified atom stereocenters. The number of nitrogens with zero attached hydrogens (tertiary/aromatic N) is 3. The van der Waals surface area contributed by atoms with Gasteiger partial charge in [-0.3, -0.25) is 0 Å². The van der Waals surface area contributed by atoms with Crippen molar-refractivity contribution in [3.63, 3.8) is 0 Å². The van der Waals surface area contributed by atoms with Gasteiger partial charge in [-0.1, -0.05) is 0 Å². The fourth-order valence-electron chi connectivity index (χ4n) is 4.61. The molecule has 5 heteroatoms. The van der Waals surface area contributed by atoms with Crippen LogP contribution in [0.1, 0.15) is 36.1 Å². The Bertz CT molecular complexity index is 1370. The Morgan fingerprint density at radius 3 is 2.24 bits per heavy atom. The summed E-state index contributed by atoms with van der Waals surface area (Å²) < 4.78 is 5.98. The Kier molecular flexibility index (Phi) is 7.94. The predicted octanol–water partition coefficient (Wildman–Crippen LogP) is 7.94. The van der Waals surface area contributed by atoms with E-state index in [9.17, 15) is 0 Å². The number of rotatable bonds is 7. The first-order valence-electron chi connectivity index (χ1n) is 11.8. The number of fused-ring (bicyclic) bond motifs is 1. The fourth-order valence-corrected chi connectivity index (χ4v) is 7.82. The SMILES string of the molecule is CCN(CC)c1cccc2cn(-c3c(C)cc(C)cc3C)[c](=[Pd-2]([Cl])[CH2]C=Cc3ccccc3)n12. The molecule has 0 aliphatic heterocycles. The zero-order valence-corrected chi connectivity index (χ0v) is 23.0. The van der Waals surface area contributed by atoms with E-state index in [0.717, 1.165) is 18.0 Å². The van der Waals surface area contributed by atoms with Crippen molar-refractivity contribution in [1.82, 2.24) is 8.97 Å². The maximum absolute atomic E-state index is 7.35. The van der Waals surface area contributed by atoms with Gasteiger partial charge in [-0.25, -0.2) is 0 Å². The standard InChI is InChI=1S/C20H25N3.C9H9.ClH.Pd/c1-6-21(7-2)19-10-8-9-18-13-22(14-23(18)19)20-16(4)11-15(3)12-17(20)5;1-2-6-9-7-4-3-5-8-9;;/h8-13H,6-7H2,1-5H3;2-8H,1H2;1H;/q;;;-1/p-1. The van der Waals surface area contributed by atoms with Crippen LogP contribution in [0.15, 0.2) is 72.9 Å². The monoisotopic (exact) mass is 565 g/mol. The average molecular weight is 566 g/mol. The van der Waals surface area contributed by atoms with Crippen LogP contribution in [0.25, 0.3) is 17.3 Å². The zero-order valence-electron chi connectivity index (χ0n) is 20.7. The zero-order chi connectivity index (χ0) is 24.2. The third-order valence-electron chi connectivity index (χ3n) is 6.03. The molecule has 0 radical (unpaired) electrons. The Labute approximate surface area is 212 Å². The van der Waals surface area contributed by atoms with E-state index in [4.69, 9.17) is 9.53 Å². The number of aryl methyl sites for hydroxylation is 3. The maximum atomic E-state index is 7.35. The molecule has 3 nitrogen and oxygen atoms in total. The van der Waals surface area contributed by atoms with E-state index in [1.807, 2.05) is 6.07 Å². The fraction of sp³-hybridized carbons (Fsp3) is 0.276. The molecular formula is C29H34ClN3Pd-2. The van der Waals surface area contributed by atoms with E-state index >= 15 is 0 Å². The third kappa shape index (κ3) is 5.01. The molecule has 0 N–H and O–H groups in total. The summed E-state index contributed by atoms with van der Waals surface area (Å²) in [6.45, 7) is 12.9. The van der Waals surface area contributed by atoms with E-state index in [1.165, 1.54) is 43.2 Å². The summed E-state index contributed by atoms with van der Waals surface area (Å²) in [6, 6.07) is 21.6. The van der Waals surface area contributed by atoms with Crippen molar-refractivity contribution in [1.29, 1.82) is 0 Å². The van der Waals surface area contributed by atoms with Gasteiger partial charge in [0.1, 0.15) is 0 Å². The topological polar surface area (TPSA) is 12.6 Å². The summed E-state index contributed by atoms with van der Waals surface area (Å²) in [7, 11) is 7.35. The summed E-state index contributed by atoms with van der Waals surface area (Å²) >= 11 is -1.60. The summed E-state index contributed by atoms with van der Waals surface area (Å²) in [4.78, 5) is 3.26. The number of anilines is 1. The summed E-state index contributed by atoms with van der Waals surface area (Å²) in [5, 5.41) is 0. The van der Waals surface area contributed by atoms with Crippen molar-refractivity contribution in [2.75, 3.05) is 18.0 Å². The van der Waals surface area contributed by atoms with Gasteiger partial charge in [0.2, 0.25) is 0 Å². The molecule has 4 aromatic rings. The van der Waals surface area contributed by atoms with Crippen LogP contribution in [0.2, 0.25) is 4.89 Å². The quantitative estimate of drug-likeness (QED) is 0.207. The van der Waals surface area contributed by atoms with Gasteiger partial charge in [0, 0.05) is 0 Å². The first kappa shape index (κ1) is 24.7. The number of imidazole rings is 1. The van der Waals surface area contributed by atoms with Crippen LogP contribution >= 0.6 is 9.53 Å². The van der Waals surface area contributed by atoms with Gasteiger partial charge < -0.3 is 0 Å². The Balaban J connectivity index is 1.99. The van der Waals surface area contributed by atoms with Gasteiger partial charge in [0.25, 0.3) is 0 Å². The van der Waals surface area contributed by atoms with E-state index < -0.39 is 15.3 Å². The summed E-state index contributed by atoms with van der Waals surface area (Å²) in [5.41, 5.74) is 7.47. The van der Waals surface area contributed by atoms with Crippen LogP contribution in [-0.4, -0.2) is 22.1 Å². The van der Waals surface area contributed by atoms with Crippen LogP contribution in [0, 0.1) is 24.7 Å². The Morgan fingerprint density at radius 2 is 1.59 bits per heavy atom. The van der Waals surface area contributed by atoms with Crippen LogP contribution < -0.4 is 4.90 Å². The van der Waals surface area contributed by atoms with Crippen LogP contribution in [-0.2, 0) is 15.3 Å². The minimum absolute atomic E-state index is 0.852. The molecule has 0 bridgehead atoms. The molecule has 0 spiro atoms.